The van der Waals surface area contributed by atoms with Crippen LogP contribution in [-0.2, 0) is 24.3 Å². The van der Waals surface area contributed by atoms with E-state index in [9.17, 15) is 13.6 Å². The van der Waals surface area contributed by atoms with Crippen LogP contribution >= 0.6 is 0 Å². The average molecular weight is 561 g/mol. The summed E-state index contributed by atoms with van der Waals surface area (Å²) in [5.41, 5.74) is 11.1. The van der Waals surface area contributed by atoms with E-state index >= 15 is 0 Å². The number of carbonyl (C=O) groups excluding carboxylic acids is 1. The predicted molar refractivity (Wildman–Crippen MR) is 157 cm³/mol. The van der Waals surface area contributed by atoms with Crippen molar-refractivity contribution in [1.29, 1.82) is 0 Å². The van der Waals surface area contributed by atoms with Gasteiger partial charge in [-0.15, -0.1) is 0 Å². The first kappa shape index (κ1) is 27.7. The summed E-state index contributed by atoms with van der Waals surface area (Å²) >= 11 is 0. The molecule has 1 aliphatic heterocycles. The van der Waals surface area contributed by atoms with Gasteiger partial charge in [0.25, 0.3) is 5.92 Å². The molecule has 3 aromatic heterocycles. The Morgan fingerprint density at radius 1 is 1.02 bits per heavy atom. The molecule has 41 heavy (non-hydrogen) atoms. The minimum absolute atomic E-state index is 0.0804. The van der Waals surface area contributed by atoms with E-state index in [2.05, 4.69) is 17.0 Å². The number of aryl methyl sites for hydroxylation is 1. The number of piperidine rings is 1. The van der Waals surface area contributed by atoms with Crippen molar-refractivity contribution in [1.82, 2.24) is 24.3 Å². The maximum Gasteiger partial charge on any atom is 0.251 e. The van der Waals surface area contributed by atoms with Gasteiger partial charge in [0.15, 0.2) is 0 Å². The lowest BCUT2D eigenvalue weighted by Crippen LogP contribution is -2.44. The number of benzene rings is 1. The first-order chi connectivity index (χ1) is 19.9. The molecule has 1 fully saturated rings. The number of rotatable bonds is 9. The maximum absolute atomic E-state index is 13.8. The summed E-state index contributed by atoms with van der Waals surface area (Å²) in [6, 6.07) is 14.5. The molecule has 6 rings (SSSR count). The molecule has 1 aliphatic carbocycles. The van der Waals surface area contributed by atoms with Gasteiger partial charge in [-0.2, -0.15) is 0 Å². The smallest absolute Gasteiger partial charge is 0.251 e. The number of nitrogens with two attached hydrogens (primary N) is 1. The van der Waals surface area contributed by atoms with Crippen LogP contribution in [0.2, 0.25) is 0 Å². The van der Waals surface area contributed by atoms with Crippen molar-refractivity contribution < 1.29 is 13.6 Å². The Kier molecular flexibility index (Phi) is 7.99. The molecular formula is C32H38F2N6O. The fourth-order valence-corrected chi connectivity index (χ4v) is 6.61. The van der Waals surface area contributed by atoms with Gasteiger partial charge in [-0.3, -0.25) is 19.7 Å². The van der Waals surface area contributed by atoms with Crippen LogP contribution in [0.5, 0.6) is 0 Å². The third-order valence-corrected chi connectivity index (χ3v) is 8.75. The van der Waals surface area contributed by atoms with Crippen LogP contribution in [0.25, 0.3) is 21.8 Å². The van der Waals surface area contributed by atoms with E-state index in [1.807, 2.05) is 47.3 Å². The van der Waals surface area contributed by atoms with Crippen molar-refractivity contribution in [3.8, 4) is 0 Å². The molecule has 1 atom stereocenters. The van der Waals surface area contributed by atoms with Crippen molar-refractivity contribution in [2.45, 2.75) is 70.0 Å². The Labute approximate surface area is 239 Å². The summed E-state index contributed by atoms with van der Waals surface area (Å²) < 4.78 is 29.6. The van der Waals surface area contributed by atoms with Crippen LogP contribution in [0.4, 0.5) is 8.78 Å². The number of pyridine rings is 2. The van der Waals surface area contributed by atoms with Crippen LogP contribution in [0.1, 0.15) is 61.5 Å². The van der Waals surface area contributed by atoms with Crippen LogP contribution in [0.15, 0.2) is 54.9 Å². The molecule has 4 aromatic rings. The van der Waals surface area contributed by atoms with E-state index in [1.54, 1.807) is 4.90 Å². The molecule has 0 unspecified atom stereocenters. The summed E-state index contributed by atoms with van der Waals surface area (Å²) in [7, 11) is 0. The summed E-state index contributed by atoms with van der Waals surface area (Å²) in [6.45, 7) is 2.39. The number of hydrogen-bond acceptors (Lipinski definition) is 5. The first-order valence-corrected chi connectivity index (χ1v) is 14.8. The number of fused-ring (bicyclic) bond motifs is 4. The number of halogens is 2. The Bertz CT molecular complexity index is 1530. The van der Waals surface area contributed by atoms with Gasteiger partial charge in [-0.1, -0.05) is 24.3 Å². The number of alkyl halides is 2. The number of likely N-dealkylation sites (tertiary alicyclic amines) is 1. The van der Waals surface area contributed by atoms with Gasteiger partial charge in [-0.05, 0) is 69.0 Å². The Hall–Kier alpha value is -3.43. The molecule has 216 valence electrons. The quantitative estimate of drug-likeness (QED) is 0.275. The molecule has 0 bridgehead atoms. The topological polar surface area (TPSA) is 80.3 Å². The zero-order valence-electron chi connectivity index (χ0n) is 23.4. The summed E-state index contributed by atoms with van der Waals surface area (Å²) in [5.74, 6) is -2.83. The van der Waals surface area contributed by atoms with Gasteiger partial charge in [-0.25, -0.2) is 8.78 Å². The van der Waals surface area contributed by atoms with Crippen molar-refractivity contribution in [3.05, 3.63) is 71.8 Å². The van der Waals surface area contributed by atoms with Gasteiger partial charge in [0.2, 0.25) is 5.91 Å². The normalized spacial score (nSPS) is 18.7. The lowest BCUT2D eigenvalue weighted by atomic mass is 9.90. The standard InChI is InChI=1S/C32H38F2N6O/c33-32(34)13-19-38(20-14-32)29(41)22-40-27-10-2-1-9-24(27)25-12-17-36-26(31(25)40)21-39(18-4-3-15-35)28-11-5-7-23-8-6-16-37-30(23)28/h1-2,6,8-10,12,16-17,28H,3-5,7,11,13-15,18-22,35H2/t28-/m0/s1. The number of nitrogens with zero attached hydrogens (tertiary/aromatic N) is 5. The fraction of sp³-hybridized carbons (Fsp3) is 0.469. The number of hydrogen-bond donors (Lipinski definition) is 1. The molecule has 2 N–H and O–H groups in total. The highest BCUT2D eigenvalue weighted by Crippen LogP contribution is 2.36. The summed E-state index contributed by atoms with van der Waals surface area (Å²) in [4.78, 5) is 27.2. The Morgan fingerprint density at radius 2 is 1.85 bits per heavy atom. The zero-order valence-corrected chi connectivity index (χ0v) is 23.4. The first-order valence-electron chi connectivity index (χ1n) is 14.8. The van der Waals surface area contributed by atoms with Crippen molar-refractivity contribution in [2.75, 3.05) is 26.2 Å². The molecule has 4 heterocycles. The zero-order chi connectivity index (χ0) is 28.4. The van der Waals surface area contributed by atoms with Gasteiger partial charge >= 0.3 is 0 Å². The second-order valence-corrected chi connectivity index (χ2v) is 11.4. The number of unbranched alkanes of at least 4 members (excludes halogenated alkanes) is 1. The van der Waals surface area contributed by atoms with Gasteiger partial charge in [0.05, 0.1) is 22.9 Å². The van der Waals surface area contributed by atoms with E-state index in [4.69, 9.17) is 15.7 Å². The SMILES string of the molecule is NCCCCN(Cc1nccc2c3ccccc3n(CC(=O)N3CCC(F)(F)CC3)c12)[C@H]1CCCc2cccnc21. The Balaban J connectivity index is 1.38. The summed E-state index contributed by atoms with van der Waals surface area (Å²) in [6.07, 6.45) is 8.28. The van der Waals surface area contributed by atoms with Crippen molar-refractivity contribution in [3.63, 3.8) is 0 Å². The average Bonchev–Trinajstić information content (AvgIpc) is 3.30. The highest BCUT2D eigenvalue weighted by atomic mass is 19.3. The number of para-hydroxylation sites is 1. The monoisotopic (exact) mass is 560 g/mol. The lowest BCUT2D eigenvalue weighted by Gasteiger charge is -2.35. The number of aromatic nitrogens is 3. The van der Waals surface area contributed by atoms with Crippen LogP contribution in [0, 0.1) is 0 Å². The molecule has 2 aliphatic rings. The largest absolute Gasteiger partial charge is 0.341 e. The van der Waals surface area contributed by atoms with E-state index < -0.39 is 5.92 Å². The highest BCUT2D eigenvalue weighted by molar-refractivity contribution is 6.09. The molecule has 1 aromatic carbocycles. The fourth-order valence-electron chi connectivity index (χ4n) is 6.61. The molecular weight excluding hydrogens is 522 g/mol. The van der Waals surface area contributed by atoms with Gasteiger partial charge in [0, 0.05) is 61.2 Å². The van der Waals surface area contributed by atoms with Crippen LogP contribution < -0.4 is 5.73 Å². The van der Waals surface area contributed by atoms with Gasteiger partial charge in [0.1, 0.15) is 6.54 Å². The molecule has 7 nitrogen and oxygen atoms in total. The van der Waals surface area contributed by atoms with Crippen LogP contribution in [0.3, 0.4) is 0 Å². The van der Waals surface area contributed by atoms with Crippen molar-refractivity contribution >= 4 is 27.7 Å². The molecule has 0 spiro atoms. The summed E-state index contributed by atoms with van der Waals surface area (Å²) in [5, 5.41) is 2.11. The van der Waals surface area contributed by atoms with Crippen LogP contribution in [-0.4, -0.2) is 62.3 Å². The highest BCUT2D eigenvalue weighted by Gasteiger charge is 2.36. The third-order valence-electron chi connectivity index (χ3n) is 8.75. The van der Waals surface area contributed by atoms with E-state index in [0.717, 1.165) is 71.8 Å². The van der Waals surface area contributed by atoms with Crippen molar-refractivity contribution in [2.24, 2.45) is 5.73 Å². The lowest BCUT2D eigenvalue weighted by molar-refractivity contribution is -0.137. The minimum Gasteiger partial charge on any atom is -0.341 e. The maximum atomic E-state index is 13.8. The van der Waals surface area contributed by atoms with E-state index in [0.29, 0.717) is 13.1 Å². The van der Waals surface area contributed by atoms with E-state index in [1.165, 1.54) is 5.56 Å². The molecule has 1 saturated heterocycles. The molecule has 0 radical (unpaired) electrons. The predicted octanol–water partition coefficient (Wildman–Crippen LogP) is 5.46. The third kappa shape index (κ3) is 5.70. The molecule has 0 saturated carbocycles. The number of carbonyl (C=O) groups is 1. The number of amides is 1. The van der Waals surface area contributed by atoms with Gasteiger partial charge < -0.3 is 15.2 Å². The Morgan fingerprint density at radius 3 is 2.68 bits per heavy atom. The second kappa shape index (κ2) is 11.8. The van der Waals surface area contributed by atoms with E-state index in [-0.39, 0.29) is 44.4 Å². The minimum atomic E-state index is -2.69. The molecule has 1 amide bonds. The molecule has 9 heteroatoms. The second-order valence-electron chi connectivity index (χ2n) is 11.4.